The summed E-state index contributed by atoms with van der Waals surface area (Å²) < 4.78 is 35.4. The van der Waals surface area contributed by atoms with E-state index in [2.05, 4.69) is 5.32 Å². The van der Waals surface area contributed by atoms with E-state index in [4.69, 9.17) is 0 Å². The van der Waals surface area contributed by atoms with E-state index in [1.165, 1.54) is 0 Å². The number of hydrogen-bond donors (Lipinski definition) is 1. The van der Waals surface area contributed by atoms with E-state index < -0.39 is 12.7 Å². The molecule has 0 aromatic heterocycles. The van der Waals surface area contributed by atoms with Crippen LogP contribution in [0.4, 0.5) is 13.2 Å². The van der Waals surface area contributed by atoms with Crippen LogP contribution in [0.2, 0.25) is 0 Å². The zero-order valence-electron chi connectivity index (χ0n) is 8.77. The van der Waals surface area contributed by atoms with Crippen LogP contribution < -0.4 is 5.32 Å². The Morgan fingerprint density at radius 3 is 2.62 bits per heavy atom. The Balaban J connectivity index is 2.47. The molecule has 2 nitrogen and oxygen atoms in total. The van der Waals surface area contributed by atoms with Crippen LogP contribution >= 0.6 is 0 Å². The van der Waals surface area contributed by atoms with Crippen molar-refractivity contribution < 1.29 is 18.0 Å². The standard InChI is InChI=1S/C11H12F3NO/c1-8-3-2-4-9(5-8)10(16)6-15-7-11(12,13)14/h2-5,15H,6-7H2,1H3. The van der Waals surface area contributed by atoms with Crippen LogP contribution in [0.5, 0.6) is 0 Å². The molecular formula is C11H12F3NO. The number of nitrogens with one attached hydrogen (secondary N) is 1. The van der Waals surface area contributed by atoms with E-state index in [1.54, 1.807) is 18.2 Å². The van der Waals surface area contributed by atoms with Gasteiger partial charge in [0.2, 0.25) is 0 Å². The van der Waals surface area contributed by atoms with Gasteiger partial charge in [0.05, 0.1) is 13.1 Å². The topological polar surface area (TPSA) is 29.1 Å². The van der Waals surface area contributed by atoms with Crippen LogP contribution in [0.15, 0.2) is 24.3 Å². The fourth-order valence-electron chi connectivity index (χ4n) is 1.24. The van der Waals surface area contributed by atoms with Crippen molar-refractivity contribution in [3.63, 3.8) is 0 Å². The number of alkyl halides is 3. The van der Waals surface area contributed by atoms with Gasteiger partial charge in [0.15, 0.2) is 5.78 Å². The Kier molecular flexibility index (Phi) is 4.06. The third kappa shape index (κ3) is 4.44. The molecule has 1 aromatic rings. The van der Waals surface area contributed by atoms with Gasteiger partial charge in [0, 0.05) is 5.56 Å². The largest absolute Gasteiger partial charge is 0.401 e. The molecule has 0 fully saturated rings. The molecule has 0 aliphatic heterocycles. The quantitative estimate of drug-likeness (QED) is 0.806. The summed E-state index contributed by atoms with van der Waals surface area (Å²) in [5, 5.41) is 2.07. The maximum absolute atomic E-state index is 11.8. The minimum Gasteiger partial charge on any atom is -0.302 e. The van der Waals surface area contributed by atoms with E-state index >= 15 is 0 Å². The van der Waals surface area contributed by atoms with Crippen molar-refractivity contribution in [1.29, 1.82) is 0 Å². The molecule has 5 heteroatoms. The third-order valence-corrected chi connectivity index (χ3v) is 1.95. The average molecular weight is 231 g/mol. The summed E-state index contributed by atoms with van der Waals surface area (Å²) in [4.78, 5) is 11.5. The highest BCUT2D eigenvalue weighted by molar-refractivity contribution is 5.97. The van der Waals surface area contributed by atoms with Gasteiger partial charge >= 0.3 is 6.18 Å². The molecule has 88 valence electrons. The lowest BCUT2D eigenvalue weighted by molar-refractivity contribution is -0.124. The molecule has 0 saturated carbocycles. The Bertz CT molecular complexity index is 374. The van der Waals surface area contributed by atoms with Crippen molar-refractivity contribution in [3.8, 4) is 0 Å². The van der Waals surface area contributed by atoms with E-state index in [0.29, 0.717) is 5.56 Å². The zero-order chi connectivity index (χ0) is 12.2. The number of halogens is 3. The van der Waals surface area contributed by atoms with Gasteiger partial charge in [-0.05, 0) is 13.0 Å². The highest BCUT2D eigenvalue weighted by Gasteiger charge is 2.26. The number of rotatable bonds is 4. The van der Waals surface area contributed by atoms with Gasteiger partial charge in [0.25, 0.3) is 0 Å². The van der Waals surface area contributed by atoms with Crippen molar-refractivity contribution in [3.05, 3.63) is 35.4 Å². The van der Waals surface area contributed by atoms with Crippen molar-refractivity contribution >= 4 is 5.78 Å². The Hall–Kier alpha value is -1.36. The van der Waals surface area contributed by atoms with E-state index in [-0.39, 0.29) is 12.3 Å². The third-order valence-electron chi connectivity index (χ3n) is 1.95. The monoisotopic (exact) mass is 231 g/mol. The Morgan fingerprint density at radius 2 is 2.06 bits per heavy atom. The number of aryl methyl sites for hydroxylation is 1. The molecule has 0 unspecified atom stereocenters. The molecule has 1 aromatic carbocycles. The van der Waals surface area contributed by atoms with Crippen LogP contribution in [0.1, 0.15) is 15.9 Å². The molecule has 16 heavy (non-hydrogen) atoms. The summed E-state index contributed by atoms with van der Waals surface area (Å²) in [6, 6.07) is 6.76. The second kappa shape index (κ2) is 5.12. The molecule has 0 amide bonds. The summed E-state index contributed by atoms with van der Waals surface area (Å²) in [6.07, 6.45) is -4.28. The predicted octanol–water partition coefficient (Wildman–Crippen LogP) is 2.33. The molecule has 0 bridgehead atoms. The molecule has 0 spiro atoms. The number of carbonyl (C=O) groups is 1. The van der Waals surface area contributed by atoms with Gasteiger partial charge in [0.1, 0.15) is 0 Å². The molecule has 0 aliphatic carbocycles. The minimum absolute atomic E-state index is 0.303. The summed E-state index contributed by atoms with van der Waals surface area (Å²) in [7, 11) is 0. The first-order valence-corrected chi connectivity index (χ1v) is 4.76. The smallest absolute Gasteiger partial charge is 0.302 e. The number of carbonyl (C=O) groups excluding carboxylic acids is 1. The van der Waals surface area contributed by atoms with Crippen LogP contribution in [-0.4, -0.2) is 25.0 Å². The van der Waals surface area contributed by atoms with E-state index in [0.717, 1.165) is 5.56 Å². The normalized spacial score (nSPS) is 11.5. The van der Waals surface area contributed by atoms with Crippen LogP contribution in [0.25, 0.3) is 0 Å². The van der Waals surface area contributed by atoms with Crippen molar-refractivity contribution in [2.45, 2.75) is 13.1 Å². The van der Waals surface area contributed by atoms with Gasteiger partial charge in [-0.25, -0.2) is 0 Å². The minimum atomic E-state index is -4.28. The maximum Gasteiger partial charge on any atom is 0.401 e. The van der Waals surface area contributed by atoms with Crippen molar-refractivity contribution in [2.75, 3.05) is 13.1 Å². The second-order valence-electron chi connectivity index (χ2n) is 3.51. The number of benzene rings is 1. The average Bonchev–Trinajstić information content (AvgIpc) is 2.15. The predicted molar refractivity (Wildman–Crippen MR) is 54.4 cm³/mol. The van der Waals surface area contributed by atoms with Crippen LogP contribution in [0, 0.1) is 6.92 Å². The number of Topliss-reactive ketones (excluding diaryl/α,β-unsaturated/α-hetero) is 1. The zero-order valence-corrected chi connectivity index (χ0v) is 8.77. The summed E-state index contributed by atoms with van der Waals surface area (Å²) in [5.41, 5.74) is 1.33. The first-order chi connectivity index (χ1) is 7.38. The van der Waals surface area contributed by atoms with E-state index in [1.807, 2.05) is 13.0 Å². The van der Waals surface area contributed by atoms with Crippen LogP contribution in [-0.2, 0) is 0 Å². The van der Waals surface area contributed by atoms with E-state index in [9.17, 15) is 18.0 Å². The van der Waals surface area contributed by atoms with Crippen LogP contribution in [0.3, 0.4) is 0 Å². The fraction of sp³-hybridized carbons (Fsp3) is 0.364. The van der Waals surface area contributed by atoms with Crippen molar-refractivity contribution in [1.82, 2.24) is 5.32 Å². The molecular weight excluding hydrogens is 219 g/mol. The fourth-order valence-corrected chi connectivity index (χ4v) is 1.24. The first-order valence-electron chi connectivity index (χ1n) is 4.76. The molecule has 0 aliphatic rings. The number of ketones is 1. The number of hydrogen-bond acceptors (Lipinski definition) is 2. The molecule has 1 rings (SSSR count). The van der Waals surface area contributed by atoms with Gasteiger partial charge in [-0.15, -0.1) is 0 Å². The van der Waals surface area contributed by atoms with Gasteiger partial charge in [-0.1, -0.05) is 23.8 Å². The van der Waals surface area contributed by atoms with Gasteiger partial charge in [-0.3, -0.25) is 4.79 Å². The molecule has 0 heterocycles. The highest BCUT2D eigenvalue weighted by atomic mass is 19.4. The molecule has 0 radical (unpaired) electrons. The lowest BCUT2D eigenvalue weighted by Crippen LogP contribution is -2.32. The SMILES string of the molecule is Cc1cccc(C(=O)CNCC(F)(F)F)c1. The second-order valence-corrected chi connectivity index (χ2v) is 3.51. The maximum atomic E-state index is 11.8. The summed E-state index contributed by atoms with van der Waals surface area (Å²) >= 11 is 0. The highest BCUT2D eigenvalue weighted by Crippen LogP contribution is 2.12. The van der Waals surface area contributed by atoms with Gasteiger partial charge < -0.3 is 5.32 Å². The molecule has 0 saturated heterocycles. The lowest BCUT2D eigenvalue weighted by Gasteiger charge is -2.07. The van der Waals surface area contributed by atoms with Gasteiger partial charge in [-0.2, -0.15) is 13.2 Å². The Morgan fingerprint density at radius 1 is 1.38 bits per heavy atom. The Labute approximate surface area is 91.5 Å². The van der Waals surface area contributed by atoms with Crippen molar-refractivity contribution in [2.24, 2.45) is 0 Å². The first kappa shape index (κ1) is 12.7. The summed E-state index contributed by atoms with van der Waals surface area (Å²) in [5.74, 6) is -0.340. The molecule has 0 atom stereocenters. The molecule has 1 N–H and O–H groups in total. The summed E-state index contributed by atoms with van der Waals surface area (Å²) in [6.45, 7) is 0.368. The lowest BCUT2D eigenvalue weighted by atomic mass is 10.1.